The first-order valence-corrected chi connectivity index (χ1v) is 4.35. The highest BCUT2D eigenvalue weighted by atomic mass is 16.5. The van der Waals surface area contributed by atoms with Crippen LogP contribution in [-0.2, 0) is 4.74 Å². The first kappa shape index (κ1) is 8.06. The van der Waals surface area contributed by atoms with E-state index in [1.807, 2.05) is 0 Å². The first-order chi connectivity index (χ1) is 4.71. The quantitative estimate of drug-likeness (QED) is 0.576. The topological polar surface area (TPSA) is 9.23 Å². The van der Waals surface area contributed by atoms with Gasteiger partial charge in [0.25, 0.3) is 0 Å². The Labute approximate surface area is 63.8 Å². The molecule has 0 aromatic rings. The fourth-order valence-electron chi connectivity index (χ4n) is 1.86. The summed E-state index contributed by atoms with van der Waals surface area (Å²) in [5, 5.41) is 0. The Kier molecular flexibility index (Phi) is 2.35. The summed E-state index contributed by atoms with van der Waals surface area (Å²) in [4.78, 5) is 0. The summed E-state index contributed by atoms with van der Waals surface area (Å²) in [6, 6.07) is 0. The van der Waals surface area contributed by atoms with Gasteiger partial charge in [0.15, 0.2) is 0 Å². The predicted molar refractivity (Wildman–Crippen MR) is 43.0 cm³/mol. The number of ether oxygens (including phenoxy) is 1. The molecular weight excluding hydrogens is 124 g/mol. The molecule has 60 valence electrons. The van der Waals surface area contributed by atoms with Gasteiger partial charge < -0.3 is 4.74 Å². The van der Waals surface area contributed by atoms with Gasteiger partial charge in [-0.05, 0) is 25.2 Å². The van der Waals surface area contributed by atoms with Gasteiger partial charge in [0.05, 0.1) is 5.60 Å². The van der Waals surface area contributed by atoms with Gasteiger partial charge in [0.2, 0.25) is 0 Å². The van der Waals surface area contributed by atoms with Crippen molar-refractivity contribution in [2.45, 2.75) is 45.6 Å². The lowest BCUT2D eigenvalue weighted by Crippen LogP contribution is -2.33. The van der Waals surface area contributed by atoms with Crippen LogP contribution in [0.2, 0.25) is 0 Å². The second-order valence-electron chi connectivity index (χ2n) is 3.53. The molecule has 0 N–H and O–H groups in total. The van der Waals surface area contributed by atoms with E-state index in [-0.39, 0.29) is 5.60 Å². The van der Waals surface area contributed by atoms with Gasteiger partial charge >= 0.3 is 0 Å². The molecule has 1 aliphatic rings. The van der Waals surface area contributed by atoms with Crippen LogP contribution in [0.15, 0.2) is 0 Å². The van der Waals surface area contributed by atoms with Gasteiger partial charge in [0.1, 0.15) is 0 Å². The fourth-order valence-corrected chi connectivity index (χ4v) is 1.86. The van der Waals surface area contributed by atoms with Crippen molar-refractivity contribution in [3.05, 3.63) is 0 Å². The molecule has 1 heteroatoms. The molecule has 1 heterocycles. The molecule has 1 unspecified atom stereocenters. The average Bonchev–Trinajstić information content (AvgIpc) is 2.35. The fraction of sp³-hybridized carbons (Fsp3) is 1.00. The summed E-state index contributed by atoms with van der Waals surface area (Å²) >= 11 is 0. The molecular formula is C9H18O. The Morgan fingerprint density at radius 2 is 2.20 bits per heavy atom. The van der Waals surface area contributed by atoms with E-state index in [4.69, 9.17) is 4.74 Å². The maximum Gasteiger partial charge on any atom is 0.0703 e. The molecule has 0 aromatic heterocycles. The maximum absolute atomic E-state index is 5.75. The summed E-state index contributed by atoms with van der Waals surface area (Å²) in [7, 11) is 0. The lowest BCUT2D eigenvalue weighted by molar-refractivity contribution is -0.0357. The number of hydrogen-bond acceptors (Lipinski definition) is 1. The Bertz CT molecular complexity index is 101. The van der Waals surface area contributed by atoms with E-state index in [1.54, 1.807) is 0 Å². The Morgan fingerprint density at radius 3 is 2.40 bits per heavy atom. The molecule has 1 rings (SSSR count). The van der Waals surface area contributed by atoms with Crippen LogP contribution >= 0.6 is 0 Å². The molecule has 1 saturated heterocycles. The van der Waals surface area contributed by atoms with Crippen molar-refractivity contribution in [2.75, 3.05) is 6.61 Å². The zero-order valence-electron chi connectivity index (χ0n) is 7.31. The molecule has 0 spiro atoms. The lowest BCUT2D eigenvalue weighted by atomic mass is 9.85. The smallest absolute Gasteiger partial charge is 0.0703 e. The van der Waals surface area contributed by atoms with Crippen molar-refractivity contribution in [2.24, 2.45) is 5.92 Å². The second kappa shape index (κ2) is 2.91. The normalized spacial score (nSPS) is 33.6. The van der Waals surface area contributed by atoms with E-state index in [9.17, 15) is 0 Å². The molecule has 0 aromatic carbocycles. The van der Waals surface area contributed by atoms with Crippen LogP contribution in [-0.4, -0.2) is 12.2 Å². The van der Waals surface area contributed by atoms with E-state index in [0.717, 1.165) is 6.61 Å². The van der Waals surface area contributed by atoms with Gasteiger partial charge in [-0.15, -0.1) is 0 Å². The standard InChI is InChI=1S/C9H18O/c1-4-9(8(2)3)6-5-7-10-9/h8H,4-7H2,1-3H3. The monoisotopic (exact) mass is 142 g/mol. The number of hydrogen-bond donors (Lipinski definition) is 0. The highest BCUT2D eigenvalue weighted by Gasteiger charge is 2.35. The minimum Gasteiger partial charge on any atom is -0.375 e. The molecule has 0 saturated carbocycles. The molecule has 1 fully saturated rings. The zero-order chi connectivity index (χ0) is 7.61. The van der Waals surface area contributed by atoms with E-state index in [2.05, 4.69) is 20.8 Å². The largest absolute Gasteiger partial charge is 0.375 e. The molecule has 0 aliphatic carbocycles. The van der Waals surface area contributed by atoms with Crippen molar-refractivity contribution >= 4 is 0 Å². The zero-order valence-corrected chi connectivity index (χ0v) is 7.31. The van der Waals surface area contributed by atoms with E-state index in [1.165, 1.54) is 19.3 Å². The Morgan fingerprint density at radius 1 is 1.50 bits per heavy atom. The lowest BCUT2D eigenvalue weighted by Gasteiger charge is -2.31. The summed E-state index contributed by atoms with van der Waals surface area (Å²) < 4.78 is 5.75. The Balaban J connectivity index is 2.58. The maximum atomic E-state index is 5.75. The molecule has 0 bridgehead atoms. The van der Waals surface area contributed by atoms with Crippen LogP contribution in [0.5, 0.6) is 0 Å². The molecule has 1 nitrogen and oxygen atoms in total. The molecule has 10 heavy (non-hydrogen) atoms. The van der Waals surface area contributed by atoms with E-state index < -0.39 is 0 Å². The van der Waals surface area contributed by atoms with Gasteiger partial charge in [-0.2, -0.15) is 0 Å². The van der Waals surface area contributed by atoms with Crippen LogP contribution in [0.25, 0.3) is 0 Å². The third-order valence-corrected chi connectivity index (χ3v) is 2.78. The van der Waals surface area contributed by atoms with Gasteiger partial charge in [-0.3, -0.25) is 0 Å². The van der Waals surface area contributed by atoms with Crippen molar-refractivity contribution < 1.29 is 4.74 Å². The summed E-state index contributed by atoms with van der Waals surface area (Å²) in [5.74, 6) is 0.681. The third kappa shape index (κ3) is 1.20. The van der Waals surface area contributed by atoms with E-state index >= 15 is 0 Å². The summed E-state index contributed by atoms with van der Waals surface area (Å²) in [6.45, 7) is 7.72. The van der Waals surface area contributed by atoms with Gasteiger partial charge in [0, 0.05) is 6.61 Å². The highest BCUT2D eigenvalue weighted by molar-refractivity contribution is 4.86. The average molecular weight is 142 g/mol. The molecule has 0 amide bonds. The van der Waals surface area contributed by atoms with Crippen LogP contribution in [0.1, 0.15) is 40.0 Å². The minimum absolute atomic E-state index is 0.236. The molecule has 1 atom stereocenters. The van der Waals surface area contributed by atoms with E-state index in [0.29, 0.717) is 5.92 Å². The highest BCUT2D eigenvalue weighted by Crippen LogP contribution is 2.35. The number of rotatable bonds is 2. The minimum atomic E-state index is 0.236. The Hall–Kier alpha value is -0.0400. The third-order valence-electron chi connectivity index (χ3n) is 2.78. The van der Waals surface area contributed by atoms with Crippen molar-refractivity contribution in [1.29, 1.82) is 0 Å². The summed E-state index contributed by atoms with van der Waals surface area (Å²) in [5.41, 5.74) is 0.236. The predicted octanol–water partition coefficient (Wildman–Crippen LogP) is 2.60. The van der Waals surface area contributed by atoms with Crippen molar-refractivity contribution in [3.63, 3.8) is 0 Å². The first-order valence-electron chi connectivity index (χ1n) is 4.35. The van der Waals surface area contributed by atoms with Crippen molar-refractivity contribution in [1.82, 2.24) is 0 Å². The SMILES string of the molecule is CCC1(C(C)C)CCCO1. The van der Waals surface area contributed by atoms with Crippen molar-refractivity contribution in [3.8, 4) is 0 Å². The van der Waals surface area contributed by atoms with Crippen LogP contribution in [0.3, 0.4) is 0 Å². The summed E-state index contributed by atoms with van der Waals surface area (Å²) in [6.07, 6.45) is 3.69. The molecule has 0 radical (unpaired) electrons. The van der Waals surface area contributed by atoms with Crippen LogP contribution < -0.4 is 0 Å². The second-order valence-corrected chi connectivity index (χ2v) is 3.53. The van der Waals surface area contributed by atoms with Gasteiger partial charge in [-0.1, -0.05) is 20.8 Å². The molecule has 1 aliphatic heterocycles. The van der Waals surface area contributed by atoms with Gasteiger partial charge in [-0.25, -0.2) is 0 Å². The van der Waals surface area contributed by atoms with Crippen LogP contribution in [0.4, 0.5) is 0 Å². The van der Waals surface area contributed by atoms with Crippen LogP contribution in [0, 0.1) is 5.92 Å².